The molecule has 1 aromatic carbocycles. The lowest BCUT2D eigenvalue weighted by molar-refractivity contribution is -0.384. The summed E-state index contributed by atoms with van der Waals surface area (Å²) in [6.07, 6.45) is 0. The zero-order chi connectivity index (χ0) is 15.7. The van der Waals surface area contributed by atoms with Gasteiger partial charge in [0, 0.05) is 28.5 Å². The van der Waals surface area contributed by atoms with Crippen LogP contribution in [0.15, 0.2) is 18.2 Å². The Hall–Kier alpha value is -1.80. The van der Waals surface area contributed by atoms with Crippen molar-refractivity contribution in [1.82, 2.24) is 4.90 Å². The van der Waals surface area contributed by atoms with E-state index >= 15 is 0 Å². The van der Waals surface area contributed by atoms with Gasteiger partial charge in [0.15, 0.2) is 0 Å². The molecule has 1 aliphatic heterocycles. The predicted molar refractivity (Wildman–Crippen MR) is 77.6 cm³/mol. The first kappa shape index (κ1) is 15.6. The van der Waals surface area contributed by atoms with Gasteiger partial charge in [-0.25, -0.2) is 4.79 Å². The number of nitro groups is 1. The van der Waals surface area contributed by atoms with E-state index in [1.165, 1.54) is 22.7 Å². The third-order valence-electron chi connectivity index (χ3n) is 3.08. The van der Waals surface area contributed by atoms with Gasteiger partial charge in [-0.1, -0.05) is 11.6 Å². The second-order valence-corrected chi connectivity index (χ2v) is 6.24. The maximum Gasteiger partial charge on any atom is 0.327 e. The number of aliphatic carboxylic acids is 1. The molecule has 1 heterocycles. The number of carboxylic acid groups (broad SMARTS) is 1. The molecule has 0 spiro atoms. The van der Waals surface area contributed by atoms with Gasteiger partial charge in [0.1, 0.15) is 6.04 Å². The molecule has 7 nitrogen and oxygen atoms in total. The molecule has 0 aliphatic carbocycles. The van der Waals surface area contributed by atoms with E-state index in [4.69, 9.17) is 16.7 Å². The van der Waals surface area contributed by atoms with Gasteiger partial charge in [-0.15, -0.1) is 11.8 Å². The summed E-state index contributed by atoms with van der Waals surface area (Å²) in [5.41, 5.74) is -0.299. The monoisotopic (exact) mass is 330 g/mol. The molecule has 1 N–H and O–H groups in total. The number of hydrogen-bond acceptors (Lipinski definition) is 5. The number of hydrogen-bond donors (Lipinski definition) is 1. The Kier molecular flexibility index (Phi) is 4.38. The second-order valence-electron chi connectivity index (χ2n) is 4.45. The summed E-state index contributed by atoms with van der Waals surface area (Å²) in [7, 11) is 0. The molecular weight excluding hydrogens is 320 g/mol. The van der Waals surface area contributed by atoms with Crippen molar-refractivity contribution in [3.63, 3.8) is 0 Å². The van der Waals surface area contributed by atoms with Crippen molar-refractivity contribution in [2.75, 3.05) is 5.75 Å². The molecule has 0 aromatic heterocycles. The fraction of sp³-hybridized carbons (Fsp3) is 0.333. The Bertz CT molecular complexity index is 624. The van der Waals surface area contributed by atoms with Crippen molar-refractivity contribution in [1.29, 1.82) is 0 Å². The normalized spacial score (nSPS) is 21.3. The van der Waals surface area contributed by atoms with E-state index in [1.807, 2.05) is 0 Å². The quantitative estimate of drug-likeness (QED) is 0.673. The average Bonchev–Trinajstić information content (AvgIpc) is 2.79. The molecule has 1 fully saturated rings. The molecule has 2 atom stereocenters. The number of thioether (sulfide) groups is 1. The molecular formula is C12H11ClN2O5S. The molecule has 9 heteroatoms. The summed E-state index contributed by atoms with van der Waals surface area (Å²) < 4.78 is 0. The number of non-ortho nitro benzene ring substituents is 1. The second kappa shape index (κ2) is 5.90. The molecule has 0 bridgehead atoms. The molecule has 1 aliphatic rings. The van der Waals surface area contributed by atoms with Gasteiger partial charge in [0.05, 0.1) is 10.3 Å². The molecule has 2 rings (SSSR count). The maximum atomic E-state index is 12.5. The largest absolute Gasteiger partial charge is 0.480 e. The zero-order valence-electron chi connectivity index (χ0n) is 10.9. The minimum Gasteiger partial charge on any atom is -0.480 e. The molecule has 0 radical (unpaired) electrons. The Morgan fingerprint density at radius 2 is 2.14 bits per heavy atom. The van der Waals surface area contributed by atoms with Gasteiger partial charge in [-0.2, -0.15) is 0 Å². The van der Waals surface area contributed by atoms with Crippen molar-refractivity contribution >= 4 is 40.9 Å². The maximum absolute atomic E-state index is 12.5. The van der Waals surface area contributed by atoms with Crippen LogP contribution in [0.2, 0.25) is 5.02 Å². The molecule has 1 aromatic rings. The summed E-state index contributed by atoms with van der Waals surface area (Å²) in [5, 5.41) is 19.7. The van der Waals surface area contributed by atoms with Crippen molar-refractivity contribution in [3.05, 3.63) is 38.9 Å². The topological polar surface area (TPSA) is 101 Å². The van der Waals surface area contributed by atoms with Gasteiger partial charge < -0.3 is 10.0 Å². The molecule has 112 valence electrons. The number of carbonyl (C=O) groups is 2. The van der Waals surface area contributed by atoms with E-state index in [0.717, 1.165) is 12.1 Å². The number of nitrogens with zero attached hydrogens (tertiary/aromatic N) is 2. The summed E-state index contributed by atoms with van der Waals surface area (Å²) in [6, 6.07) is 2.58. The van der Waals surface area contributed by atoms with Gasteiger partial charge in [-0.05, 0) is 13.0 Å². The highest BCUT2D eigenvalue weighted by Gasteiger charge is 2.40. The van der Waals surface area contributed by atoms with Gasteiger partial charge in [0.25, 0.3) is 11.6 Å². The highest BCUT2D eigenvalue weighted by atomic mass is 35.5. The lowest BCUT2D eigenvalue weighted by Gasteiger charge is -2.25. The van der Waals surface area contributed by atoms with Crippen molar-refractivity contribution in [2.24, 2.45) is 0 Å². The smallest absolute Gasteiger partial charge is 0.327 e. The van der Waals surface area contributed by atoms with Gasteiger partial charge in [-0.3, -0.25) is 14.9 Å². The SMILES string of the molecule is CC1SCC(C(=O)O)N1C(=O)c1cc(Cl)cc([N+](=O)[O-])c1. The molecule has 0 saturated carbocycles. The fourth-order valence-electron chi connectivity index (χ4n) is 2.09. The van der Waals surface area contributed by atoms with Crippen molar-refractivity contribution < 1.29 is 19.6 Å². The van der Waals surface area contributed by atoms with Crippen LogP contribution in [0.3, 0.4) is 0 Å². The van der Waals surface area contributed by atoms with Crippen LogP contribution < -0.4 is 0 Å². The molecule has 21 heavy (non-hydrogen) atoms. The number of nitro benzene ring substituents is 1. The van der Waals surface area contributed by atoms with Crippen molar-refractivity contribution in [2.45, 2.75) is 18.3 Å². The van der Waals surface area contributed by atoms with E-state index in [1.54, 1.807) is 6.92 Å². The molecule has 1 amide bonds. The molecule has 1 saturated heterocycles. The lowest BCUT2D eigenvalue weighted by Crippen LogP contribution is -2.44. The van der Waals surface area contributed by atoms with Crippen LogP contribution in [0.25, 0.3) is 0 Å². The Labute approximate surface area is 129 Å². The number of benzene rings is 1. The first-order valence-electron chi connectivity index (χ1n) is 5.93. The van der Waals surface area contributed by atoms with Crippen LogP contribution >= 0.6 is 23.4 Å². The summed E-state index contributed by atoms with van der Waals surface area (Å²) in [6.45, 7) is 1.71. The van der Waals surface area contributed by atoms with Gasteiger partial charge in [0.2, 0.25) is 0 Å². The summed E-state index contributed by atoms with van der Waals surface area (Å²) in [4.78, 5) is 35.0. The van der Waals surface area contributed by atoms with Crippen LogP contribution in [0.1, 0.15) is 17.3 Å². The Morgan fingerprint density at radius 1 is 1.48 bits per heavy atom. The molecule has 2 unspecified atom stereocenters. The zero-order valence-corrected chi connectivity index (χ0v) is 12.4. The Balaban J connectivity index is 2.39. The van der Waals surface area contributed by atoms with Crippen LogP contribution in [0.5, 0.6) is 0 Å². The third kappa shape index (κ3) is 3.11. The lowest BCUT2D eigenvalue weighted by atomic mass is 10.1. The number of carbonyl (C=O) groups excluding carboxylic acids is 1. The van der Waals surface area contributed by atoms with Crippen LogP contribution in [0, 0.1) is 10.1 Å². The van der Waals surface area contributed by atoms with Crippen LogP contribution in [-0.4, -0.2) is 44.0 Å². The van der Waals surface area contributed by atoms with E-state index in [2.05, 4.69) is 0 Å². The van der Waals surface area contributed by atoms with E-state index in [0.29, 0.717) is 0 Å². The van der Waals surface area contributed by atoms with E-state index in [-0.39, 0.29) is 27.4 Å². The van der Waals surface area contributed by atoms with Gasteiger partial charge >= 0.3 is 5.97 Å². The number of halogens is 1. The van der Waals surface area contributed by atoms with E-state index < -0.39 is 22.8 Å². The minimum atomic E-state index is -1.10. The standard InChI is InChI=1S/C12H11ClN2O5S/c1-6-14(10(5-21-6)12(17)18)11(16)7-2-8(13)4-9(3-7)15(19)20/h2-4,6,10H,5H2,1H3,(H,17,18). The van der Waals surface area contributed by atoms with Crippen molar-refractivity contribution in [3.8, 4) is 0 Å². The Morgan fingerprint density at radius 3 is 2.71 bits per heavy atom. The van der Waals surface area contributed by atoms with Crippen LogP contribution in [-0.2, 0) is 4.79 Å². The highest BCUT2D eigenvalue weighted by molar-refractivity contribution is 8.00. The first-order valence-corrected chi connectivity index (χ1v) is 7.36. The minimum absolute atomic E-state index is 0.00907. The number of carboxylic acids is 1. The summed E-state index contributed by atoms with van der Waals surface area (Å²) in [5.74, 6) is -1.40. The number of amides is 1. The summed E-state index contributed by atoms with van der Waals surface area (Å²) >= 11 is 7.12. The average molecular weight is 331 g/mol. The third-order valence-corrected chi connectivity index (χ3v) is 4.52. The fourth-order valence-corrected chi connectivity index (χ4v) is 3.49. The van der Waals surface area contributed by atoms with E-state index in [9.17, 15) is 19.7 Å². The number of rotatable bonds is 3. The van der Waals surface area contributed by atoms with Crippen LogP contribution in [0.4, 0.5) is 5.69 Å². The predicted octanol–water partition coefficient (Wildman–Crippen LogP) is 2.24. The highest BCUT2D eigenvalue weighted by Crippen LogP contribution is 2.31. The first-order chi connectivity index (χ1) is 9.81.